The molecule has 0 N–H and O–H groups in total. The molecule has 1 aromatic heterocycles. The van der Waals surface area contributed by atoms with E-state index in [0.29, 0.717) is 5.82 Å². The van der Waals surface area contributed by atoms with Crippen LogP contribution in [0, 0.1) is 0 Å². The molecule has 1 heterocycles. The van der Waals surface area contributed by atoms with Crippen LogP contribution in [0.4, 0.5) is 0 Å². The van der Waals surface area contributed by atoms with E-state index >= 15 is 0 Å². The van der Waals surface area contributed by atoms with Gasteiger partial charge in [-0.15, -0.1) is 0 Å². The summed E-state index contributed by atoms with van der Waals surface area (Å²) in [6, 6.07) is 32.9. The van der Waals surface area contributed by atoms with E-state index in [1.54, 1.807) is 12.7 Å². The lowest BCUT2D eigenvalue weighted by molar-refractivity contribution is 0.793. The number of hydrogen-bond donors (Lipinski definition) is 0. The first-order valence-corrected chi connectivity index (χ1v) is 10.5. The van der Waals surface area contributed by atoms with Crippen LogP contribution in [0.25, 0.3) is 33.6 Å². The summed E-state index contributed by atoms with van der Waals surface area (Å²) in [5.41, 5.74) is 11.0. The lowest BCUT2D eigenvalue weighted by Crippen LogP contribution is -2.26. The van der Waals surface area contributed by atoms with E-state index in [9.17, 15) is 0 Å². The monoisotopic (exact) mass is 395 g/mol. The standard InChI is InChI=1S/C28H17N3/c1-4-13-23-18(8-1)19-9-2-5-14-24(19)28(23)25-15-6-3-10-20(25)21-11-7-12-22(26(21)28)27-30-16-29-17-31-27/h1-17H. The molecule has 0 atom stereocenters. The van der Waals surface area contributed by atoms with Crippen molar-refractivity contribution in [3.8, 4) is 33.6 Å². The molecule has 4 aromatic carbocycles. The maximum atomic E-state index is 4.53. The van der Waals surface area contributed by atoms with Crippen LogP contribution in [-0.4, -0.2) is 15.0 Å². The van der Waals surface area contributed by atoms with Gasteiger partial charge in [0, 0.05) is 5.56 Å². The summed E-state index contributed by atoms with van der Waals surface area (Å²) in [5.74, 6) is 0.709. The van der Waals surface area contributed by atoms with Gasteiger partial charge in [0.1, 0.15) is 12.7 Å². The SMILES string of the molecule is c1ccc2c(c1)-c1ccccc1C21c2ccccc2-c2cccc(-c3ncncn3)c21. The maximum absolute atomic E-state index is 4.53. The number of fused-ring (bicyclic) bond motifs is 10. The van der Waals surface area contributed by atoms with Crippen molar-refractivity contribution in [2.45, 2.75) is 5.41 Å². The van der Waals surface area contributed by atoms with Gasteiger partial charge in [-0.25, -0.2) is 15.0 Å². The molecule has 0 amide bonds. The zero-order valence-corrected chi connectivity index (χ0v) is 16.7. The fourth-order valence-corrected chi connectivity index (χ4v) is 5.72. The van der Waals surface area contributed by atoms with Gasteiger partial charge < -0.3 is 0 Å². The van der Waals surface area contributed by atoms with Gasteiger partial charge >= 0.3 is 0 Å². The van der Waals surface area contributed by atoms with Crippen molar-refractivity contribution in [3.05, 3.63) is 126 Å². The Morgan fingerprint density at radius 2 is 0.903 bits per heavy atom. The Morgan fingerprint density at radius 1 is 0.452 bits per heavy atom. The summed E-state index contributed by atoms with van der Waals surface area (Å²) in [4.78, 5) is 13.1. The third-order valence-corrected chi connectivity index (χ3v) is 6.75. The normalized spacial score (nSPS) is 14.1. The van der Waals surface area contributed by atoms with Crippen LogP contribution in [0.3, 0.4) is 0 Å². The Balaban J connectivity index is 1.72. The number of rotatable bonds is 1. The molecule has 31 heavy (non-hydrogen) atoms. The average Bonchev–Trinajstić information content (AvgIpc) is 3.32. The van der Waals surface area contributed by atoms with Crippen molar-refractivity contribution in [2.24, 2.45) is 0 Å². The lowest BCUT2D eigenvalue weighted by Gasteiger charge is -2.31. The Kier molecular flexibility index (Phi) is 3.20. The molecule has 3 nitrogen and oxygen atoms in total. The van der Waals surface area contributed by atoms with E-state index in [2.05, 4.69) is 106 Å². The van der Waals surface area contributed by atoms with Crippen molar-refractivity contribution in [1.29, 1.82) is 0 Å². The first kappa shape index (κ1) is 16.7. The number of aromatic nitrogens is 3. The molecule has 1 spiro atoms. The molecule has 0 fully saturated rings. The molecule has 2 aliphatic carbocycles. The van der Waals surface area contributed by atoms with Gasteiger partial charge in [-0.2, -0.15) is 0 Å². The number of nitrogens with zero attached hydrogens (tertiary/aromatic N) is 3. The van der Waals surface area contributed by atoms with E-state index in [0.717, 1.165) is 5.56 Å². The highest BCUT2D eigenvalue weighted by Crippen LogP contribution is 2.64. The molecule has 5 aromatic rings. The predicted molar refractivity (Wildman–Crippen MR) is 122 cm³/mol. The lowest BCUT2D eigenvalue weighted by atomic mass is 9.69. The van der Waals surface area contributed by atoms with E-state index < -0.39 is 0 Å². The maximum Gasteiger partial charge on any atom is 0.163 e. The van der Waals surface area contributed by atoms with Crippen molar-refractivity contribution >= 4 is 0 Å². The minimum absolute atomic E-state index is 0.387. The molecule has 3 heteroatoms. The minimum Gasteiger partial charge on any atom is -0.225 e. The van der Waals surface area contributed by atoms with Gasteiger partial charge in [0.15, 0.2) is 5.82 Å². The van der Waals surface area contributed by atoms with E-state index in [1.807, 2.05) is 0 Å². The molecule has 144 valence electrons. The van der Waals surface area contributed by atoms with E-state index in [-0.39, 0.29) is 5.41 Å². The summed E-state index contributed by atoms with van der Waals surface area (Å²) < 4.78 is 0. The van der Waals surface area contributed by atoms with Crippen molar-refractivity contribution in [3.63, 3.8) is 0 Å². The average molecular weight is 395 g/mol. The third-order valence-electron chi connectivity index (χ3n) is 6.75. The van der Waals surface area contributed by atoms with Crippen LogP contribution >= 0.6 is 0 Å². The van der Waals surface area contributed by atoms with Crippen LogP contribution in [-0.2, 0) is 5.41 Å². The predicted octanol–water partition coefficient (Wildman–Crippen LogP) is 5.88. The number of benzene rings is 4. The molecule has 7 rings (SSSR count). The highest BCUT2D eigenvalue weighted by molar-refractivity contribution is 5.97. The van der Waals surface area contributed by atoms with Crippen LogP contribution in [0.5, 0.6) is 0 Å². The Labute approximate surface area is 180 Å². The third kappa shape index (κ3) is 1.96. The van der Waals surface area contributed by atoms with Crippen molar-refractivity contribution < 1.29 is 0 Å². The minimum atomic E-state index is -0.387. The molecule has 2 aliphatic rings. The Hall–Kier alpha value is -4.11. The molecule has 0 bridgehead atoms. The molecule has 0 aliphatic heterocycles. The number of hydrogen-bond acceptors (Lipinski definition) is 3. The van der Waals surface area contributed by atoms with Gasteiger partial charge in [-0.1, -0.05) is 91.0 Å². The molecule has 0 saturated carbocycles. The van der Waals surface area contributed by atoms with Crippen molar-refractivity contribution in [1.82, 2.24) is 15.0 Å². The van der Waals surface area contributed by atoms with Gasteiger partial charge in [-0.3, -0.25) is 0 Å². The zero-order chi connectivity index (χ0) is 20.4. The van der Waals surface area contributed by atoms with Gasteiger partial charge in [0.2, 0.25) is 0 Å². The van der Waals surface area contributed by atoms with Gasteiger partial charge in [0.25, 0.3) is 0 Å². The fraction of sp³-hybridized carbons (Fsp3) is 0.0357. The summed E-state index contributed by atoms with van der Waals surface area (Å²) in [6.45, 7) is 0. The molecule has 0 unspecified atom stereocenters. The molecule has 0 saturated heterocycles. The van der Waals surface area contributed by atoms with Crippen LogP contribution in [0.2, 0.25) is 0 Å². The van der Waals surface area contributed by atoms with Gasteiger partial charge in [0.05, 0.1) is 5.41 Å². The summed E-state index contributed by atoms with van der Waals surface area (Å²) >= 11 is 0. The zero-order valence-electron chi connectivity index (χ0n) is 16.7. The summed E-state index contributed by atoms with van der Waals surface area (Å²) in [7, 11) is 0. The van der Waals surface area contributed by atoms with Crippen LogP contribution < -0.4 is 0 Å². The second kappa shape index (κ2) is 5.96. The summed E-state index contributed by atoms with van der Waals surface area (Å²) in [5, 5.41) is 0. The second-order valence-corrected chi connectivity index (χ2v) is 8.08. The van der Waals surface area contributed by atoms with E-state index in [1.165, 1.54) is 44.5 Å². The topological polar surface area (TPSA) is 38.7 Å². The Bertz CT molecular complexity index is 1420. The van der Waals surface area contributed by atoms with Crippen LogP contribution in [0.15, 0.2) is 104 Å². The smallest absolute Gasteiger partial charge is 0.163 e. The molecular weight excluding hydrogens is 378 g/mol. The fourth-order valence-electron chi connectivity index (χ4n) is 5.72. The molecular formula is C28H17N3. The second-order valence-electron chi connectivity index (χ2n) is 8.08. The highest BCUT2D eigenvalue weighted by atomic mass is 15.0. The van der Waals surface area contributed by atoms with E-state index in [4.69, 9.17) is 0 Å². The van der Waals surface area contributed by atoms with Crippen LogP contribution in [0.1, 0.15) is 22.3 Å². The Morgan fingerprint density at radius 3 is 1.48 bits per heavy atom. The largest absolute Gasteiger partial charge is 0.225 e. The first-order valence-electron chi connectivity index (χ1n) is 10.5. The quantitative estimate of drug-likeness (QED) is 0.348. The molecule has 0 radical (unpaired) electrons. The first-order chi connectivity index (χ1) is 15.4. The van der Waals surface area contributed by atoms with Crippen molar-refractivity contribution in [2.75, 3.05) is 0 Å². The van der Waals surface area contributed by atoms with Gasteiger partial charge in [-0.05, 0) is 44.5 Å². The summed E-state index contributed by atoms with van der Waals surface area (Å²) in [6.07, 6.45) is 3.15. The highest BCUT2D eigenvalue weighted by Gasteiger charge is 2.52.